The fraction of sp³-hybridized carbons (Fsp3) is 1.00. The second-order valence-corrected chi connectivity index (χ2v) is 1.09. The molecule has 0 bridgehead atoms. The molecule has 0 heterocycles. The van der Waals surface area contributed by atoms with Crippen LogP contribution in [0.5, 0.6) is 0 Å². The van der Waals surface area contributed by atoms with Crippen LogP contribution in [-0.4, -0.2) is 11.2 Å². The molecule has 6 heavy (non-hydrogen) atoms. The predicted octanol–water partition coefficient (Wildman–Crippen LogP) is 0.387. The van der Waals surface area contributed by atoms with Gasteiger partial charge in [-0.15, -0.1) is 0 Å². The van der Waals surface area contributed by atoms with Crippen molar-refractivity contribution < 1.29 is 85.0 Å². The molecule has 0 spiro atoms. The van der Waals surface area contributed by atoms with E-state index in [0.29, 0.717) is 0 Å². The van der Waals surface area contributed by atoms with E-state index in [4.69, 9.17) is 5.11 Å². The molecule has 0 atom stereocenters. The quantitative estimate of drug-likeness (QED) is 0.650. The third kappa shape index (κ3) is 30.5. The van der Waals surface area contributed by atoms with Crippen LogP contribution < -0.4 is 0 Å². The summed E-state index contributed by atoms with van der Waals surface area (Å²) in [5, 5.41) is 8.06. The van der Waals surface area contributed by atoms with Gasteiger partial charge in [0.15, 0.2) is 0 Å². The maximum atomic E-state index is 8.06. The minimum atomic E-state index is -0.167. The van der Waals surface area contributed by atoms with Crippen LogP contribution in [0.25, 0.3) is 0 Å². The van der Waals surface area contributed by atoms with Crippen LogP contribution in [0.3, 0.4) is 0 Å². The first-order chi connectivity index (χ1) is 1.73. The summed E-state index contributed by atoms with van der Waals surface area (Å²) in [7, 11) is 0. The maximum Gasteiger partial charge on any atom is 0.0483 e. The smallest absolute Gasteiger partial charge is 0.0483 e. The van der Waals surface area contributed by atoms with Crippen molar-refractivity contribution in [2.24, 2.45) is 0 Å². The van der Waals surface area contributed by atoms with Gasteiger partial charge in [-0.2, -0.15) is 0 Å². The summed E-state index contributed by atoms with van der Waals surface area (Å²) in [4.78, 5) is 0. The zero-order valence-electron chi connectivity index (χ0n) is 3.73. The molecule has 0 fully saturated rings. The molecular weight excluding hydrogens is 367 g/mol. The first kappa shape index (κ1) is 15.8. The van der Waals surface area contributed by atoms with Crippen molar-refractivity contribution in [2.75, 3.05) is 0 Å². The Hall–Kier alpha value is 2.61. The minimum Gasteiger partial charge on any atom is -0.394 e. The summed E-state index contributed by atoms with van der Waals surface area (Å²) in [5.74, 6) is 0. The average Bonchev–Trinajstić information content (AvgIpc) is 0.811. The number of aliphatic hydroxyl groups excluding tert-OH is 1. The van der Waals surface area contributed by atoms with Crippen LogP contribution in [0.2, 0.25) is 0 Å². The Kier molecular flexibility index (Phi) is 27.9. The second kappa shape index (κ2) is 10.6. The second-order valence-electron chi connectivity index (χ2n) is 1.09. The van der Waals surface area contributed by atoms with E-state index < -0.39 is 0 Å². The molecular formula is C3H8Gd2O. The number of aliphatic hydroxyl groups is 1. The first-order valence-corrected chi connectivity index (χ1v) is 1.41. The predicted molar refractivity (Wildman–Crippen MR) is 17.4 cm³/mol. The van der Waals surface area contributed by atoms with Crippen LogP contribution in [-0.2, 0) is 0 Å². The Bertz CT molecular complexity index is 13.5. The summed E-state index contributed by atoms with van der Waals surface area (Å²) in [6.45, 7) is 3.44. The molecule has 3 heteroatoms. The van der Waals surface area contributed by atoms with Crippen molar-refractivity contribution in [3.63, 3.8) is 0 Å². The van der Waals surface area contributed by atoms with E-state index in [1.165, 1.54) is 0 Å². The van der Waals surface area contributed by atoms with Crippen molar-refractivity contribution in [2.45, 2.75) is 20.0 Å². The zero-order chi connectivity index (χ0) is 3.58. The van der Waals surface area contributed by atoms with E-state index in [9.17, 15) is 0 Å². The summed E-state index contributed by atoms with van der Waals surface area (Å²) in [5.41, 5.74) is 0. The Morgan fingerprint density at radius 3 is 1.17 bits per heavy atom. The topological polar surface area (TPSA) is 20.2 Å². The third-order valence-electron chi connectivity index (χ3n) is 0. The fourth-order valence-electron chi connectivity index (χ4n) is 0. The monoisotopic (exact) mass is 376 g/mol. The molecule has 0 aromatic carbocycles. The maximum absolute atomic E-state index is 8.06. The Morgan fingerprint density at radius 1 is 1.17 bits per heavy atom. The first-order valence-electron chi connectivity index (χ1n) is 1.41. The van der Waals surface area contributed by atoms with Gasteiger partial charge in [0, 0.05) is 86.0 Å². The largest absolute Gasteiger partial charge is 0.394 e. The molecule has 0 aliphatic rings. The van der Waals surface area contributed by atoms with Gasteiger partial charge in [-0.1, -0.05) is 0 Å². The van der Waals surface area contributed by atoms with E-state index in [-0.39, 0.29) is 86.0 Å². The normalized spacial score (nSPS) is 6.00. The molecule has 0 saturated carbocycles. The molecule has 0 aliphatic carbocycles. The van der Waals surface area contributed by atoms with Crippen LogP contribution in [0.4, 0.5) is 0 Å². The molecule has 0 unspecified atom stereocenters. The van der Waals surface area contributed by atoms with Crippen molar-refractivity contribution in [1.29, 1.82) is 0 Å². The summed E-state index contributed by atoms with van der Waals surface area (Å²) in [6.07, 6.45) is -0.167. The van der Waals surface area contributed by atoms with E-state index in [0.717, 1.165) is 0 Å². The fourth-order valence-corrected chi connectivity index (χ4v) is 0. The SMILES string of the molecule is CC(C)O.[Gd].[Gd]. The molecule has 0 radical (unpaired) electrons. The van der Waals surface area contributed by atoms with Gasteiger partial charge in [-0.25, -0.2) is 0 Å². The summed E-state index contributed by atoms with van der Waals surface area (Å²) < 4.78 is 0. The molecule has 0 saturated heterocycles. The Labute approximate surface area is 103 Å². The van der Waals surface area contributed by atoms with Gasteiger partial charge in [-0.3, -0.25) is 0 Å². The summed E-state index contributed by atoms with van der Waals surface area (Å²) >= 11 is 0. The van der Waals surface area contributed by atoms with E-state index in [1.54, 1.807) is 13.8 Å². The van der Waals surface area contributed by atoms with E-state index >= 15 is 0 Å². The number of hydrogen-bond acceptors (Lipinski definition) is 1. The van der Waals surface area contributed by atoms with Gasteiger partial charge >= 0.3 is 0 Å². The van der Waals surface area contributed by atoms with Crippen LogP contribution in [0.15, 0.2) is 0 Å². The van der Waals surface area contributed by atoms with E-state index in [2.05, 4.69) is 0 Å². The summed E-state index contributed by atoms with van der Waals surface area (Å²) in [6, 6.07) is 0. The van der Waals surface area contributed by atoms with Crippen molar-refractivity contribution in [1.82, 2.24) is 0 Å². The molecule has 1 N–H and O–H groups in total. The van der Waals surface area contributed by atoms with E-state index in [1.807, 2.05) is 0 Å². The van der Waals surface area contributed by atoms with Crippen molar-refractivity contribution in [3.8, 4) is 0 Å². The molecule has 0 aromatic heterocycles. The molecule has 0 aromatic rings. The molecule has 0 amide bonds. The molecule has 0 rings (SSSR count). The zero-order valence-corrected chi connectivity index (χ0v) is 8.27. The van der Waals surface area contributed by atoms with Gasteiger partial charge in [0.25, 0.3) is 0 Å². The molecule has 42 valence electrons. The third-order valence-corrected chi connectivity index (χ3v) is 0. The Morgan fingerprint density at radius 2 is 1.17 bits per heavy atom. The number of rotatable bonds is 0. The van der Waals surface area contributed by atoms with Crippen molar-refractivity contribution in [3.05, 3.63) is 0 Å². The van der Waals surface area contributed by atoms with Crippen LogP contribution in [0.1, 0.15) is 13.8 Å². The standard InChI is InChI=1S/C3H8O.2Gd/c1-3(2)4;;/h3-4H,1-2H3;;. The van der Waals surface area contributed by atoms with Crippen LogP contribution in [0, 0.1) is 79.9 Å². The number of hydrogen-bond donors (Lipinski definition) is 1. The van der Waals surface area contributed by atoms with Gasteiger partial charge in [-0.05, 0) is 13.8 Å². The van der Waals surface area contributed by atoms with Crippen molar-refractivity contribution >= 4 is 0 Å². The van der Waals surface area contributed by atoms with Gasteiger partial charge in [0.05, 0.1) is 0 Å². The van der Waals surface area contributed by atoms with Gasteiger partial charge < -0.3 is 5.11 Å². The van der Waals surface area contributed by atoms with Gasteiger partial charge in [0.1, 0.15) is 0 Å². The van der Waals surface area contributed by atoms with Gasteiger partial charge in [0.2, 0.25) is 0 Å². The average molecular weight is 375 g/mol. The molecule has 0 aliphatic heterocycles. The molecule has 1 nitrogen and oxygen atoms in total. The minimum absolute atomic E-state index is 0. The Balaban J connectivity index is -0.0000000450. The van der Waals surface area contributed by atoms with Crippen LogP contribution >= 0.6 is 0 Å².